The van der Waals surface area contributed by atoms with Crippen molar-refractivity contribution in [2.75, 3.05) is 17.8 Å². The van der Waals surface area contributed by atoms with E-state index in [9.17, 15) is 33.0 Å². The molecule has 1 fully saturated rings. The highest BCUT2D eigenvalue weighted by Gasteiger charge is 2.57. The summed E-state index contributed by atoms with van der Waals surface area (Å²) < 4.78 is 67.4. The first-order valence-electron chi connectivity index (χ1n) is 8.54. The van der Waals surface area contributed by atoms with E-state index in [4.69, 9.17) is 31.9 Å². The number of hydrogen-bond donors (Lipinski definition) is 7. The van der Waals surface area contributed by atoms with E-state index in [2.05, 4.69) is 28.4 Å². The second-order valence-electron chi connectivity index (χ2n) is 6.71. The highest BCUT2D eigenvalue weighted by Crippen LogP contribution is 2.66. The standard InChI is InChI=1S/C11H18ClFN5O12P3/c12-1-11(2-27-32(23,24)30-33(25,26)29-31(20,21)22)7(19)5(13)10(28-11)18-4-17-6-8(14)15-3-16-9(6)18/h3-5,7-8,10,19H,1-2,14H2,(H,15,16)(H,23,24)(H,25,26)(H2,20,21,22)/t5-,7+,8?,10-,11-/m1/s1. The molecule has 1 saturated heterocycles. The van der Waals surface area contributed by atoms with Gasteiger partial charge < -0.3 is 40.5 Å². The number of aliphatic imine (C=N–C) groups is 1. The van der Waals surface area contributed by atoms with Gasteiger partial charge >= 0.3 is 23.5 Å². The Morgan fingerprint density at radius 1 is 1.27 bits per heavy atom. The van der Waals surface area contributed by atoms with E-state index >= 15 is 0 Å². The predicted molar refractivity (Wildman–Crippen MR) is 106 cm³/mol. The topological polar surface area (TPSA) is 258 Å². The Morgan fingerprint density at radius 2 is 1.94 bits per heavy atom. The molecule has 0 aromatic carbocycles. The number of hydrogen-bond acceptors (Lipinski definition) is 12. The van der Waals surface area contributed by atoms with E-state index < -0.39 is 66.2 Å². The summed E-state index contributed by atoms with van der Waals surface area (Å²) in [7, 11) is -17.0. The normalized spacial score (nSPS) is 33.2. The van der Waals surface area contributed by atoms with Crippen LogP contribution in [0.4, 0.5) is 10.2 Å². The summed E-state index contributed by atoms with van der Waals surface area (Å²) in [6.45, 7) is -1.16. The Hall–Kier alpha value is -0.810. The van der Waals surface area contributed by atoms with Gasteiger partial charge in [-0.3, -0.25) is 14.1 Å². The number of phosphoric ester groups is 1. The number of ether oxygens (including phenoxy) is 1. The van der Waals surface area contributed by atoms with Crippen LogP contribution in [-0.2, 0) is 31.6 Å². The molecular formula is C11H18ClFN5O12P3. The first-order chi connectivity index (χ1) is 15.1. The Bertz CT molecular complexity index is 1070. The molecule has 1 aromatic rings. The fraction of sp³-hybridized carbons (Fsp3) is 0.636. The minimum atomic E-state index is -5.78. The van der Waals surface area contributed by atoms with Crippen LogP contribution in [0.15, 0.2) is 11.3 Å². The number of anilines is 1. The lowest BCUT2D eigenvalue weighted by Gasteiger charge is -2.30. The molecule has 8 N–H and O–H groups in total. The molecule has 7 atom stereocenters. The average Bonchev–Trinajstić information content (AvgIpc) is 3.19. The summed E-state index contributed by atoms with van der Waals surface area (Å²) in [4.78, 5) is 43.8. The van der Waals surface area contributed by atoms with Crippen LogP contribution in [0, 0.1) is 0 Å². The third kappa shape index (κ3) is 5.89. The highest BCUT2D eigenvalue weighted by atomic mass is 35.5. The molecule has 0 aliphatic carbocycles. The summed E-state index contributed by atoms with van der Waals surface area (Å²) in [5, 5.41) is 13.1. The second kappa shape index (κ2) is 9.33. The monoisotopic (exact) mass is 559 g/mol. The molecule has 0 spiro atoms. The van der Waals surface area contributed by atoms with Crippen LogP contribution in [-0.4, -0.2) is 70.9 Å². The van der Waals surface area contributed by atoms with Crippen LogP contribution in [0.3, 0.4) is 0 Å². The van der Waals surface area contributed by atoms with Gasteiger partial charge in [-0.2, -0.15) is 8.62 Å². The second-order valence-corrected chi connectivity index (χ2v) is 11.4. The number of alkyl halides is 2. The number of aliphatic hydroxyl groups excluding tert-OH is 1. The van der Waals surface area contributed by atoms with Crippen LogP contribution in [0.25, 0.3) is 0 Å². The molecule has 3 heterocycles. The van der Waals surface area contributed by atoms with Crippen LogP contribution in [0.5, 0.6) is 0 Å². The molecule has 0 saturated carbocycles. The Morgan fingerprint density at radius 3 is 2.55 bits per heavy atom. The summed E-state index contributed by atoms with van der Waals surface area (Å²) >= 11 is 5.81. The van der Waals surface area contributed by atoms with Gasteiger partial charge in [-0.1, -0.05) is 0 Å². The lowest BCUT2D eigenvalue weighted by atomic mass is 9.99. The van der Waals surface area contributed by atoms with Crippen molar-refractivity contribution in [1.29, 1.82) is 0 Å². The maximum absolute atomic E-state index is 15.0. The fourth-order valence-electron chi connectivity index (χ4n) is 2.98. The number of phosphoric acid groups is 3. The summed E-state index contributed by atoms with van der Waals surface area (Å²) in [6.07, 6.45) is -4.28. The molecule has 33 heavy (non-hydrogen) atoms. The van der Waals surface area contributed by atoms with E-state index in [0.29, 0.717) is 0 Å². The number of aromatic nitrogens is 2. The van der Waals surface area contributed by atoms with Crippen molar-refractivity contribution >= 4 is 47.2 Å². The SMILES string of the molecule is NC1N=CNc2c1ncn2[C@@H]1O[C@](CCl)(COP(=O)(O)OP(=O)(O)OP(=O)(O)O)[C@@H](O)[C@H]1F. The van der Waals surface area contributed by atoms with Crippen molar-refractivity contribution in [3.05, 3.63) is 12.0 Å². The zero-order valence-electron chi connectivity index (χ0n) is 16.0. The fourth-order valence-corrected chi connectivity index (χ4v) is 6.35. The van der Waals surface area contributed by atoms with Crippen LogP contribution >= 0.6 is 35.1 Å². The van der Waals surface area contributed by atoms with Gasteiger partial charge in [0.25, 0.3) is 0 Å². The number of nitrogens with two attached hydrogens (primary N) is 1. The maximum atomic E-state index is 15.0. The number of imidazole rings is 1. The molecule has 188 valence electrons. The molecule has 3 unspecified atom stereocenters. The quantitative estimate of drug-likeness (QED) is 0.153. The molecule has 3 rings (SSSR count). The van der Waals surface area contributed by atoms with Crippen molar-refractivity contribution in [2.24, 2.45) is 10.7 Å². The number of aliphatic hydroxyl groups is 1. The average molecular weight is 560 g/mol. The maximum Gasteiger partial charge on any atom is 0.490 e. The van der Waals surface area contributed by atoms with Gasteiger partial charge in [0.05, 0.1) is 25.2 Å². The molecule has 2 aliphatic heterocycles. The van der Waals surface area contributed by atoms with E-state index in [1.807, 2.05) is 0 Å². The molecule has 2 aliphatic rings. The lowest BCUT2D eigenvalue weighted by molar-refractivity contribution is -0.111. The van der Waals surface area contributed by atoms with E-state index in [-0.39, 0.29) is 11.5 Å². The Labute approximate surface area is 188 Å². The van der Waals surface area contributed by atoms with Crippen LogP contribution in [0.1, 0.15) is 18.1 Å². The zero-order chi connectivity index (χ0) is 24.8. The van der Waals surface area contributed by atoms with Gasteiger partial charge in [0.2, 0.25) is 0 Å². The molecule has 1 aromatic heterocycles. The number of fused-ring (bicyclic) bond motifs is 1. The minimum Gasteiger partial charge on any atom is -0.387 e. The number of halogens is 2. The zero-order valence-corrected chi connectivity index (χ0v) is 19.4. The van der Waals surface area contributed by atoms with Gasteiger partial charge in [0, 0.05) is 0 Å². The first-order valence-corrected chi connectivity index (χ1v) is 13.6. The van der Waals surface area contributed by atoms with E-state index in [1.54, 1.807) is 0 Å². The van der Waals surface area contributed by atoms with Gasteiger partial charge in [-0.05, 0) is 0 Å². The lowest BCUT2D eigenvalue weighted by Crippen LogP contribution is -2.47. The third-order valence-electron chi connectivity index (χ3n) is 4.40. The van der Waals surface area contributed by atoms with Crippen molar-refractivity contribution in [3.8, 4) is 0 Å². The van der Waals surface area contributed by atoms with Gasteiger partial charge in [0.1, 0.15) is 29.4 Å². The van der Waals surface area contributed by atoms with Crippen molar-refractivity contribution in [3.63, 3.8) is 0 Å². The molecule has 22 heteroatoms. The number of nitrogens with one attached hydrogen (secondary N) is 1. The molecular weight excluding hydrogens is 542 g/mol. The van der Waals surface area contributed by atoms with Gasteiger partial charge in [-0.25, -0.2) is 23.1 Å². The Balaban J connectivity index is 1.77. The third-order valence-corrected chi connectivity index (χ3v) is 8.63. The van der Waals surface area contributed by atoms with Crippen molar-refractivity contribution in [2.45, 2.75) is 30.3 Å². The summed E-state index contributed by atoms with van der Waals surface area (Å²) in [6, 6.07) is 0. The molecule has 17 nitrogen and oxygen atoms in total. The molecule has 0 bridgehead atoms. The van der Waals surface area contributed by atoms with E-state index in [0.717, 1.165) is 10.9 Å². The minimum absolute atomic E-state index is 0.190. The Kier molecular flexibility index (Phi) is 7.58. The van der Waals surface area contributed by atoms with Crippen LogP contribution < -0.4 is 11.1 Å². The molecule has 0 radical (unpaired) electrons. The first kappa shape index (κ1) is 26.8. The largest absolute Gasteiger partial charge is 0.490 e. The van der Waals surface area contributed by atoms with Gasteiger partial charge in [0.15, 0.2) is 12.4 Å². The highest BCUT2D eigenvalue weighted by molar-refractivity contribution is 7.66. The van der Waals surface area contributed by atoms with Crippen molar-refractivity contribution < 1.29 is 60.6 Å². The predicted octanol–water partition coefficient (Wildman–Crippen LogP) is -0.157. The van der Waals surface area contributed by atoms with Crippen LogP contribution in [0.2, 0.25) is 0 Å². The van der Waals surface area contributed by atoms with Crippen molar-refractivity contribution in [1.82, 2.24) is 9.55 Å². The van der Waals surface area contributed by atoms with Gasteiger partial charge in [-0.15, -0.1) is 11.6 Å². The van der Waals surface area contributed by atoms with E-state index in [1.165, 1.54) is 6.34 Å². The number of nitrogens with zero attached hydrogens (tertiary/aromatic N) is 3. The summed E-state index contributed by atoms with van der Waals surface area (Å²) in [5.74, 6) is -0.512. The summed E-state index contributed by atoms with van der Waals surface area (Å²) in [5.41, 5.74) is 3.82. The molecule has 0 amide bonds. The smallest absolute Gasteiger partial charge is 0.387 e. The number of rotatable bonds is 9.